The number of pyridine rings is 1. The average Bonchev–Trinajstić information content (AvgIpc) is 3.23. The van der Waals surface area contributed by atoms with Crippen LogP contribution < -0.4 is 10.6 Å². The zero-order chi connectivity index (χ0) is 22.0. The second-order valence-electron chi connectivity index (χ2n) is 7.53. The number of H-pyrrole nitrogens is 1. The first-order chi connectivity index (χ1) is 14.8. The van der Waals surface area contributed by atoms with E-state index < -0.39 is 17.3 Å². The lowest BCUT2D eigenvalue weighted by Crippen LogP contribution is -2.40. The molecule has 1 saturated carbocycles. The van der Waals surface area contributed by atoms with Crippen molar-refractivity contribution < 1.29 is 18.0 Å². The number of fused-ring (bicyclic) bond motifs is 1. The van der Waals surface area contributed by atoms with Crippen LogP contribution in [0.1, 0.15) is 47.2 Å². The third-order valence-corrected chi connectivity index (χ3v) is 5.48. The summed E-state index contributed by atoms with van der Waals surface area (Å²) in [4.78, 5) is 16.8. The van der Waals surface area contributed by atoms with Gasteiger partial charge < -0.3 is 10.6 Å². The molecule has 10 heteroatoms. The second kappa shape index (κ2) is 8.26. The Balaban J connectivity index is 1.36. The van der Waals surface area contributed by atoms with Crippen LogP contribution >= 0.6 is 0 Å². The zero-order valence-corrected chi connectivity index (χ0v) is 16.3. The Morgan fingerprint density at radius 2 is 1.90 bits per heavy atom. The molecule has 2 aromatic heterocycles. The number of nitriles is 1. The molecule has 1 amide bonds. The van der Waals surface area contributed by atoms with E-state index in [2.05, 4.69) is 25.8 Å². The van der Waals surface area contributed by atoms with Gasteiger partial charge in [-0.15, -0.1) is 0 Å². The van der Waals surface area contributed by atoms with Crippen LogP contribution in [0.4, 0.5) is 18.9 Å². The Bertz CT molecular complexity index is 1140. The predicted molar refractivity (Wildman–Crippen MR) is 107 cm³/mol. The van der Waals surface area contributed by atoms with E-state index in [0.29, 0.717) is 48.0 Å². The number of hydrogen-bond donors (Lipinski definition) is 3. The lowest BCUT2D eigenvalue weighted by molar-refractivity contribution is -0.137. The summed E-state index contributed by atoms with van der Waals surface area (Å²) in [5, 5.41) is 22.4. The van der Waals surface area contributed by atoms with Gasteiger partial charge in [-0.2, -0.15) is 23.5 Å². The highest BCUT2D eigenvalue weighted by Crippen LogP contribution is 2.34. The number of alkyl halides is 3. The molecule has 0 aliphatic heterocycles. The number of benzene rings is 1. The molecule has 0 unspecified atom stereocenters. The Labute approximate surface area is 175 Å². The minimum Gasteiger partial charge on any atom is -0.382 e. The highest BCUT2D eigenvalue weighted by atomic mass is 19.4. The topological polar surface area (TPSA) is 106 Å². The van der Waals surface area contributed by atoms with E-state index in [0.717, 1.165) is 6.07 Å². The maximum absolute atomic E-state index is 13.2. The summed E-state index contributed by atoms with van der Waals surface area (Å²) in [7, 11) is 0. The number of aromatic amines is 1. The maximum Gasteiger partial charge on any atom is 0.417 e. The van der Waals surface area contributed by atoms with Gasteiger partial charge >= 0.3 is 6.18 Å². The van der Waals surface area contributed by atoms with Crippen molar-refractivity contribution in [2.75, 3.05) is 5.32 Å². The molecule has 3 N–H and O–H groups in total. The number of carbonyl (C=O) groups excluding carboxylic acids is 1. The van der Waals surface area contributed by atoms with Crippen molar-refractivity contribution in [3.8, 4) is 6.07 Å². The summed E-state index contributed by atoms with van der Waals surface area (Å²) in [5.74, 6) is -0.202. The fourth-order valence-electron chi connectivity index (χ4n) is 3.90. The number of rotatable bonds is 4. The number of amides is 1. The van der Waals surface area contributed by atoms with Crippen molar-refractivity contribution in [3.05, 3.63) is 53.3 Å². The van der Waals surface area contributed by atoms with Crippen molar-refractivity contribution in [2.24, 2.45) is 0 Å². The van der Waals surface area contributed by atoms with E-state index in [1.165, 1.54) is 12.1 Å². The number of halogens is 3. The van der Waals surface area contributed by atoms with Crippen molar-refractivity contribution >= 4 is 22.6 Å². The fraction of sp³-hybridized carbons (Fsp3) is 0.333. The van der Waals surface area contributed by atoms with Gasteiger partial charge in [0.25, 0.3) is 5.91 Å². The van der Waals surface area contributed by atoms with Gasteiger partial charge in [0.05, 0.1) is 34.3 Å². The summed E-state index contributed by atoms with van der Waals surface area (Å²) in [5.41, 5.74) is 0.0339. The first-order valence-corrected chi connectivity index (χ1v) is 9.82. The lowest BCUT2D eigenvalue weighted by atomic mass is 9.90. The largest absolute Gasteiger partial charge is 0.417 e. The van der Waals surface area contributed by atoms with Crippen molar-refractivity contribution in [3.63, 3.8) is 0 Å². The summed E-state index contributed by atoms with van der Waals surface area (Å²) >= 11 is 0. The molecule has 0 atom stereocenters. The van der Waals surface area contributed by atoms with Crippen LogP contribution in [0.2, 0.25) is 0 Å². The molecule has 1 aliphatic carbocycles. The Hall–Kier alpha value is -3.61. The second-order valence-corrected chi connectivity index (χ2v) is 7.53. The van der Waals surface area contributed by atoms with E-state index in [-0.39, 0.29) is 18.0 Å². The van der Waals surface area contributed by atoms with Gasteiger partial charge in [0.15, 0.2) is 5.65 Å². The van der Waals surface area contributed by atoms with Crippen LogP contribution in [-0.4, -0.2) is 33.2 Å². The summed E-state index contributed by atoms with van der Waals surface area (Å²) in [6.45, 7) is 0. The Kier molecular flexibility index (Phi) is 5.50. The van der Waals surface area contributed by atoms with Crippen LogP contribution in [0.3, 0.4) is 0 Å². The minimum absolute atomic E-state index is 0.0105. The highest BCUT2D eigenvalue weighted by molar-refractivity contribution is 6.05. The molecule has 160 valence electrons. The van der Waals surface area contributed by atoms with Gasteiger partial charge in [-0.1, -0.05) is 0 Å². The van der Waals surface area contributed by atoms with Crippen LogP contribution in [0.15, 0.2) is 36.7 Å². The quantitative estimate of drug-likeness (QED) is 0.582. The van der Waals surface area contributed by atoms with Crippen molar-refractivity contribution in [2.45, 2.75) is 43.9 Å². The first-order valence-electron chi connectivity index (χ1n) is 9.82. The van der Waals surface area contributed by atoms with E-state index in [9.17, 15) is 18.0 Å². The molecule has 1 aliphatic rings. The molecule has 0 spiro atoms. The van der Waals surface area contributed by atoms with Gasteiger partial charge in [-0.25, -0.2) is 4.98 Å². The Morgan fingerprint density at radius 3 is 2.61 bits per heavy atom. The zero-order valence-electron chi connectivity index (χ0n) is 16.3. The van der Waals surface area contributed by atoms with Crippen molar-refractivity contribution in [1.82, 2.24) is 20.5 Å². The van der Waals surface area contributed by atoms with Crippen molar-refractivity contribution in [1.29, 1.82) is 5.26 Å². The molecular weight excluding hydrogens is 409 g/mol. The van der Waals surface area contributed by atoms with Crippen LogP contribution in [-0.2, 0) is 6.18 Å². The van der Waals surface area contributed by atoms with Gasteiger partial charge in [-0.3, -0.25) is 9.89 Å². The normalized spacial score (nSPS) is 19.0. The number of nitrogens with zero attached hydrogens (tertiary/aromatic N) is 3. The van der Waals surface area contributed by atoms with Crippen LogP contribution in [0.5, 0.6) is 0 Å². The van der Waals surface area contributed by atoms with E-state index >= 15 is 0 Å². The first kappa shape index (κ1) is 20.7. The molecule has 4 rings (SSSR count). The molecule has 3 aromatic rings. The average molecular weight is 428 g/mol. The summed E-state index contributed by atoms with van der Waals surface area (Å²) in [6.07, 6.45) is 1.32. The molecule has 31 heavy (non-hydrogen) atoms. The molecule has 1 aromatic carbocycles. The van der Waals surface area contributed by atoms with E-state index in [1.807, 2.05) is 0 Å². The third kappa shape index (κ3) is 4.45. The number of carbonyl (C=O) groups is 1. The summed E-state index contributed by atoms with van der Waals surface area (Å²) < 4.78 is 39.5. The lowest BCUT2D eigenvalue weighted by Gasteiger charge is -2.30. The number of nitrogens with one attached hydrogen (secondary N) is 3. The highest BCUT2D eigenvalue weighted by Gasteiger charge is 2.34. The molecule has 7 nitrogen and oxygen atoms in total. The SMILES string of the molecule is N#Cc1ccc(N[C@H]2CC[C@@H](NC(=O)c3ccnc4[nH]ncc34)CC2)cc1C(F)(F)F. The molecular formula is C21H19F3N6O. The monoisotopic (exact) mass is 428 g/mol. The molecule has 1 fully saturated rings. The van der Waals surface area contributed by atoms with E-state index in [1.54, 1.807) is 24.5 Å². The van der Waals surface area contributed by atoms with Gasteiger partial charge in [0, 0.05) is 24.0 Å². The number of hydrogen-bond acceptors (Lipinski definition) is 5. The predicted octanol–water partition coefficient (Wildman–Crippen LogP) is 4.00. The summed E-state index contributed by atoms with van der Waals surface area (Å²) in [6, 6.07) is 6.84. The third-order valence-electron chi connectivity index (χ3n) is 5.48. The standard InChI is InChI=1S/C21H19F3N6O/c22-21(23,24)18-9-15(2-1-12(18)10-25)28-13-3-5-14(6-4-13)29-20(31)16-7-8-26-19-17(16)11-27-30-19/h1-2,7-9,11,13-14,28H,3-6H2,(H,29,31)(H,26,27,30)/t13-,14+. The smallest absolute Gasteiger partial charge is 0.382 e. The van der Waals surface area contributed by atoms with E-state index in [4.69, 9.17) is 5.26 Å². The molecule has 2 heterocycles. The van der Waals surface area contributed by atoms with Crippen LogP contribution in [0.25, 0.3) is 11.0 Å². The van der Waals surface area contributed by atoms with Gasteiger partial charge in [0.2, 0.25) is 0 Å². The Morgan fingerprint density at radius 1 is 1.16 bits per heavy atom. The fourth-order valence-corrected chi connectivity index (χ4v) is 3.90. The molecule has 0 bridgehead atoms. The molecule has 0 saturated heterocycles. The minimum atomic E-state index is -4.59. The number of aromatic nitrogens is 3. The van der Waals surface area contributed by atoms with Gasteiger partial charge in [-0.05, 0) is 49.9 Å². The van der Waals surface area contributed by atoms with Crippen LogP contribution in [0, 0.1) is 11.3 Å². The maximum atomic E-state index is 13.2. The molecule has 0 radical (unpaired) electrons. The van der Waals surface area contributed by atoms with Gasteiger partial charge in [0.1, 0.15) is 0 Å². The number of anilines is 1.